The fraction of sp³-hybridized carbons (Fsp3) is 0.312. The first-order chi connectivity index (χ1) is 9.63. The molecule has 0 atom stereocenters. The maximum Gasteiger partial charge on any atom is 0.213 e. The lowest BCUT2D eigenvalue weighted by Gasteiger charge is -2.13. The van der Waals surface area contributed by atoms with Gasteiger partial charge in [-0.2, -0.15) is 0 Å². The molecule has 2 N–H and O–H groups in total. The summed E-state index contributed by atoms with van der Waals surface area (Å²) in [5, 5.41) is 0. The van der Waals surface area contributed by atoms with Crippen LogP contribution >= 0.6 is 0 Å². The third kappa shape index (κ3) is 3.27. The lowest BCUT2D eigenvalue weighted by molar-refractivity contribution is 0.294. The van der Waals surface area contributed by atoms with Crippen LogP contribution in [0.2, 0.25) is 0 Å². The number of aromatic nitrogens is 1. The van der Waals surface area contributed by atoms with Gasteiger partial charge in [-0.05, 0) is 36.6 Å². The maximum atomic E-state index is 5.89. The van der Waals surface area contributed by atoms with Gasteiger partial charge in [-0.15, -0.1) is 0 Å². The number of aryl methyl sites for hydroxylation is 2. The molecule has 0 radical (unpaired) electrons. The topological polar surface area (TPSA) is 57.4 Å². The van der Waals surface area contributed by atoms with Crippen molar-refractivity contribution in [2.45, 2.75) is 27.0 Å². The molecule has 0 aliphatic carbocycles. The number of methoxy groups -OCH3 is 1. The second-order valence-corrected chi connectivity index (χ2v) is 4.72. The van der Waals surface area contributed by atoms with Crippen LogP contribution < -0.4 is 15.2 Å². The third-order valence-corrected chi connectivity index (χ3v) is 3.11. The smallest absolute Gasteiger partial charge is 0.213 e. The van der Waals surface area contributed by atoms with Crippen molar-refractivity contribution in [2.24, 2.45) is 5.73 Å². The Balaban J connectivity index is 2.14. The number of rotatable bonds is 5. The molecule has 2 rings (SSSR count). The second-order valence-electron chi connectivity index (χ2n) is 4.72. The molecule has 1 aromatic heterocycles. The van der Waals surface area contributed by atoms with Crippen LogP contribution in [0.3, 0.4) is 0 Å². The van der Waals surface area contributed by atoms with E-state index in [4.69, 9.17) is 15.2 Å². The molecule has 0 bridgehead atoms. The predicted octanol–water partition coefficient (Wildman–Crippen LogP) is 2.74. The molecule has 0 saturated carbocycles. The van der Waals surface area contributed by atoms with Crippen LogP contribution in [-0.2, 0) is 13.2 Å². The maximum absolute atomic E-state index is 5.89. The van der Waals surface area contributed by atoms with Crippen LogP contribution in [0.25, 0.3) is 0 Å². The Morgan fingerprint density at radius 1 is 1.15 bits per heavy atom. The Kier molecular flexibility index (Phi) is 4.58. The summed E-state index contributed by atoms with van der Waals surface area (Å²) in [4.78, 5) is 4.33. The molecule has 1 aromatic carbocycles. The van der Waals surface area contributed by atoms with Crippen LogP contribution in [0, 0.1) is 13.8 Å². The van der Waals surface area contributed by atoms with Gasteiger partial charge in [-0.25, -0.2) is 4.98 Å². The summed E-state index contributed by atoms with van der Waals surface area (Å²) >= 11 is 0. The fourth-order valence-electron chi connectivity index (χ4n) is 2.18. The predicted molar refractivity (Wildman–Crippen MR) is 78.9 cm³/mol. The van der Waals surface area contributed by atoms with Gasteiger partial charge in [0, 0.05) is 12.6 Å². The zero-order valence-corrected chi connectivity index (χ0v) is 12.1. The van der Waals surface area contributed by atoms with Crippen molar-refractivity contribution in [1.29, 1.82) is 0 Å². The van der Waals surface area contributed by atoms with E-state index < -0.39 is 0 Å². The molecule has 1 heterocycles. The van der Waals surface area contributed by atoms with Crippen LogP contribution in [0.4, 0.5) is 0 Å². The van der Waals surface area contributed by atoms with Gasteiger partial charge < -0.3 is 15.2 Å². The number of nitrogens with two attached hydrogens (primary N) is 1. The van der Waals surface area contributed by atoms with Gasteiger partial charge >= 0.3 is 0 Å². The molecule has 4 nitrogen and oxygen atoms in total. The number of nitrogens with zero attached hydrogens (tertiary/aromatic N) is 1. The van der Waals surface area contributed by atoms with Crippen molar-refractivity contribution in [1.82, 2.24) is 4.98 Å². The largest absolute Gasteiger partial charge is 0.487 e. The first-order valence-electron chi connectivity index (χ1n) is 6.57. The van der Waals surface area contributed by atoms with E-state index in [1.54, 1.807) is 7.11 Å². The zero-order chi connectivity index (χ0) is 14.5. The number of benzene rings is 1. The highest BCUT2D eigenvalue weighted by Gasteiger charge is 2.07. The van der Waals surface area contributed by atoms with Gasteiger partial charge in [0.1, 0.15) is 12.4 Å². The Labute approximate surface area is 119 Å². The summed E-state index contributed by atoms with van der Waals surface area (Å²) in [7, 11) is 1.60. The van der Waals surface area contributed by atoms with E-state index in [1.165, 1.54) is 0 Å². The van der Waals surface area contributed by atoms with Crippen molar-refractivity contribution in [3.8, 4) is 11.6 Å². The standard InChI is InChI=1S/C16H20N2O2/c1-11-7-13(9-17)8-12(2)16(11)20-10-14-5-4-6-15(18-14)19-3/h4-8H,9-10,17H2,1-3H3. The van der Waals surface area contributed by atoms with Crippen molar-refractivity contribution in [3.63, 3.8) is 0 Å². The summed E-state index contributed by atoms with van der Waals surface area (Å²) < 4.78 is 11.0. The molecule has 0 aliphatic rings. The van der Waals surface area contributed by atoms with Crippen molar-refractivity contribution in [3.05, 3.63) is 52.7 Å². The lowest BCUT2D eigenvalue weighted by atomic mass is 10.1. The van der Waals surface area contributed by atoms with Gasteiger partial charge in [0.05, 0.1) is 12.8 Å². The van der Waals surface area contributed by atoms with Gasteiger partial charge in [-0.3, -0.25) is 0 Å². The summed E-state index contributed by atoms with van der Waals surface area (Å²) in [5.74, 6) is 1.49. The molecule has 0 fully saturated rings. The lowest BCUT2D eigenvalue weighted by Crippen LogP contribution is -2.04. The van der Waals surface area contributed by atoms with E-state index in [0.717, 1.165) is 28.1 Å². The number of pyridine rings is 1. The van der Waals surface area contributed by atoms with Crippen molar-refractivity contribution < 1.29 is 9.47 Å². The Morgan fingerprint density at radius 3 is 2.45 bits per heavy atom. The van der Waals surface area contributed by atoms with Gasteiger partial charge in [0.15, 0.2) is 0 Å². The molecule has 0 amide bonds. The van der Waals surface area contributed by atoms with E-state index >= 15 is 0 Å². The average molecular weight is 272 g/mol. The fourth-order valence-corrected chi connectivity index (χ4v) is 2.18. The number of hydrogen-bond donors (Lipinski definition) is 1. The molecule has 20 heavy (non-hydrogen) atoms. The molecule has 0 saturated heterocycles. The SMILES string of the molecule is COc1cccc(COc2c(C)cc(CN)cc2C)n1. The van der Waals surface area contributed by atoms with Crippen molar-refractivity contribution >= 4 is 0 Å². The average Bonchev–Trinajstić information content (AvgIpc) is 2.46. The van der Waals surface area contributed by atoms with E-state index in [1.807, 2.05) is 32.0 Å². The minimum atomic E-state index is 0.418. The molecule has 106 valence electrons. The summed E-state index contributed by atoms with van der Waals surface area (Å²) in [6.07, 6.45) is 0. The molecular weight excluding hydrogens is 252 g/mol. The van der Waals surface area contributed by atoms with Gasteiger partial charge in [-0.1, -0.05) is 18.2 Å². The molecular formula is C16H20N2O2. The number of ether oxygens (including phenoxy) is 2. The first-order valence-corrected chi connectivity index (χ1v) is 6.57. The van der Waals surface area contributed by atoms with Crippen LogP contribution in [0.1, 0.15) is 22.4 Å². The van der Waals surface area contributed by atoms with Crippen LogP contribution in [0.5, 0.6) is 11.6 Å². The molecule has 2 aromatic rings. The van der Waals surface area contributed by atoms with Crippen LogP contribution in [0.15, 0.2) is 30.3 Å². The van der Waals surface area contributed by atoms with E-state index in [-0.39, 0.29) is 0 Å². The summed E-state index contributed by atoms with van der Waals surface area (Å²) in [6.45, 7) is 5.02. The molecule has 0 aliphatic heterocycles. The van der Waals surface area contributed by atoms with Gasteiger partial charge in [0.2, 0.25) is 5.88 Å². The molecule has 4 heteroatoms. The van der Waals surface area contributed by atoms with Crippen LogP contribution in [-0.4, -0.2) is 12.1 Å². The van der Waals surface area contributed by atoms with Crippen molar-refractivity contribution in [2.75, 3.05) is 7.11 Å². The highest BCUT2D eigenvalue weighted by molar-refractivity contribution is 5.43. The molecule has 0 unspecified atom stereocenters. The minimum absolute atomic E-state index is 0.418. The highest BCUT2D eigenvalue weighted by Crippen LogP contribution is 2.25. The van der Waals surface area contributed by atoms with E-state index in [0.29, 0.717) is 19.0 Å². The molecule has 0 spiro atoms. The Morgan fingerprint density at radius 2 is 1.85 bits per heavy atom. The normalized spacial score (nSPS) is 10.4. The van der Waals surface area contributed by atoms with E-state index in [2.05, 4.69) is 17.1 Å². The van der Waals surface area contributed by atoms with E-state index in [9.17, 15) is 0 Å². The zero-order valence-electron chi connectivity index (χ0n) is 12.1. The Bertz CT molecular complexity index is 574. The monoisotopic (exact) mass is 272 g/mol. The summed E-state index contributed by atoms with van der Waals surface area (Å²) in [5.41, 5.74) is 9.81. The minimum Gasteiger partial charge on any atom is -0.487 e. The number of hydrogen-bond acceptors (Lipinski definition) is 4. The highest BCUT2D eigenvalue weighted by atomic mass is 16.5. The third-order valence-electron chi connectivity index (χ3n) is 3.11. The quantitative estimate of drug-likeness (QED) is 0.909. The Hall–Kier alpha value is -2.07. The van der Waals surface area contributed by atoms with Gasteiger partial charge in [0.25, 0.3) is 0 Å². The summed E-state index contributed by atoms with van der Waals surface area (Å²) in [6, 6.07) is 9.75. The second kappa shape index (κ2) is 6.39. The first kappa shape index (κ1) is 14.3.